The lowest BCUT2D eigenvalue weighted by Crippen LogP contribution is -1.89. The summed E-state index contributed by atoms with van der Waals surface area (Å²) in [6.07, 6.45) is 0.886. The number of hydrogen-bond acceptors (Lipinski definition) is 0. The van der Waals surface area contributed by atoms with E-state index in [0.717, 1.165) is 17.3 Å². The van der Waals surface area contributed by atoms with Crippen LogP contribution in [0.2, 0.25) is 0 Å². The van der Waals surface area contributed by atoms with Gasteiger partial charge in [-0.1, -0.05) is 28.1 Å². The molecule has 0 fully saturated rings. The molecule has 1 rings (SSSR count). The average Bonchev–Trinajstić information content (AvgIpc) is 1.98. The van der Waals surface area contributed by atoms with Crippen molar-refractivity contribution in [1.82, 2.24) is 0 Å². The molecule has 0 aromatic heterocycles. The third-order valence-electron chi connectivity index (χ3n) is 1.62. The molecule has 0 saturated carbocycles. The van der Waals surface area contributed by atoms with Gasteiger partial charge in [0, 0.05) is 5.33 Å². The Bertz CT molecular complexity index is 245. The molecule has 0 aliphatic rings. The normalized spacial score (nSPS) is 10.1. The van der Waals surface area contributed by atoms with E-state index in [0.29, 0.717) is 5.56 Å². The fraction of sp³-hybridized carbons (Fsp3) is 0.333. The molecule has 0 nitrogen and oxygen atoms in total. The van der Waals surface area contributed by atoms with Crippen molar-refractivity contribution < 1.29 is 4.39 Å². The van der Waals surface area contributed by atoms with Crippen molar-refractivity contribution in [2.75, 3.05) is 5.33 Å². The number of rotatable bonds is 2. The van der Waals surface area contributed by atoms with Gasteiger partial charge >= 0.3 is 0 Å². The largest absolute Gasteiger partial charge is 0.207 e. The van der Waals surface area contributed by atoms with Crippen LogP contribution in [0.5, 0.6) is 0 Å². The summed E-state index contributed by atoms with van der Waals surface area (Å²) < 4.78 is 12.9. The van der Waals surface area contributed by atoms with Crippen LogP contribution < -0.4 is 0 Å². The number of aryl methyl sites for hydroxylation is 2. The van der Waals surface area contributed by atoms with Gasteiger partial charge in [0.25, 0.3) is 0 Å². The third kappa shape index (κ3) is 2.29. The fourth-order valence-corrected chi connectivity index (χ4v) is 1.36. The highest BCUT2D eigenvalue weighted by Crippen LogP contribution is 2.10. The highest BCUT2D eigenvalue weighted by molar-refractivity contribution is 9.09. The van der Waals surface area contributed by atoms with Crippen molar-refractivity contribution in [3.05, 3.63) is 35.1 Å². The van der Waals surface area contributed by atoms with Gasteiger partial charge < -0.3 is 0 Å². The SMILES string of the molecule is Cc1ccc(CCBr)cc1F. The van der Waals surface area contributed by atoms with Crippen LogP contribution in [0.15, 0.2) is 18.2 Å². The number of hydrogen-bond donors (Lipinski definition) is 0. The topological polar surface area (TPSA) is 0 Å². The van der Waals surface area contributed by atoms with Crippen molar-refractivity contribution in [2.45, 2.75) is 13.3 Å². The zero-order valence-corrected chi connectivity index (χ0v) is 7.99. The zero-order chi connectivity index (χ0) is 8.27. The first-order valence-electron chi connectivity index (χ1n) is 3.55. The highest BCUT2D eigenvalue weighted by atomic mass is 79.9. The molecule has 0 atom stereocenters. The molecule has 0 radical (unpaired) electrons. The molecule has 0 amide bonds. The smallest absolute Gasteiger partial charge is 0.126 e. The van der Waals surface area contributed by atoms with Crippen LogP contribution in [0.4, 0.5) is 4.39 Å². The Hall–Kier alpha value is -0.370. The average molecular weight is 217 g/mol. The van der Waals surface area contributed by atoms with Crippen LogP contribution in [0.25, 0.3) is 0 Å². The van der Waals surface area contributed by atoms with Gasteiger partial charge in [0.2, 0.25) is 0 Å². The van der Waals surface area contributed by atoms with E-state index in [2.05, 4.69) is 15.9 Å². The fourth-order valence-electron chi connectivity index (χ4n) is 0.901. The number of benzene rings is 1. The summed E-state index contributed by atoms with van der Waals surface area (Å²) in [4.78, 5) is 0. The Morgan fingerprint density at radius 1 is 1.45 bits per heavy atom. The summed E-state index contributed by atoms with van der Waals surface area (Å²) in [6, 6.07) is 5.36. The maximum atomic E-state index is 12.9. The third-order valence-corrected chi connectivity index (χ3v) is 2.02. The summed E-state index contributed by atoms with van der Waals surface area (Å²) in [7, 11) is 0. The monoisotopic (exact) mass is 216 g/mol. The van der Waals surface area contributed by atoms with E-state index in [-0.39, 0.29) is 5.82 Å². The summed E-state index contributed by atoms with van der Waals surface area (Å²) in [5, 5.41) is 0.884. The van der Waals surface area contributed by atoms with E-state index in [9.17, 15) is 4.39 Å². The van der Waals surface area contributed by atoms with Crippen molar-refractivity contribution in [3.63, 3.8) is 0 Å². The Morgan fingerprint density at radius 2 is 2.18 bits per heavy atom. The minimum atomic E-state index is -0.108. The Morgan fingerprint density at radius 3 is 2.73 bits per heavy atom. The molecule has 0 N–H and O–H groups in total. The van der Waals surface area contributed by atoms with Crippen LogP contribution in [-0.2, 0) is 6.42 Å². The van der Waals surface area contributed by atoms with Crippen molar-refractivity contribution >= 4 is 15.9 Å². The lowest BCUT2D eigenvalue weighted by atomic mass is 10.1. The Labute approximate surface area is 74.6 Å². The first-order valence-corrected chi connectivity index (χ1v) is 4.67. The second-order valence-corrected chi connectivity index (χ2v) is 3.32. The van der Waals surface area contributed by atoms with Crippen LogP contribution in [0.1, 0.15) is 11.1 Å². The molecule has 0 aliphatic heterocycles. The molecule has 0 saturated heterocycles. The van der Waals surface area contributed by atoms with Crippen LogP contribution in [0.3, 0.4) is 0 Å². The maximum absolute atomic E-state index is 12.9. The molecule has 11 heavy (non-hydrogen) atoms. The first-order chi connectivity index (χ1) is 5.24. The molecule has 0 aliphatic carbocycles. The van der Waals surface area contributed by atoms with Gasteiger partial charge in [0.15, 0.2) is 0 Å². The van der Waals surface area contributed by atoms with Gasteiger partial charge in [-0.25, -0.2) is 4.39 Å². The zero-order valence-electron chi connectivity index (χ0n) is 6.40. The van der Waals surface area contributed by atoms with E-state index >= 15 is 0 Å². The molecule has 60 valence electrons. The van der Waals surface area contributed by atoms with Gasteiger partial charge in [-0.05, 0) is 30.5 Å². The van der Waals surface area contributed by atoms with Gasteiger partial charge in [0.1, 0.15) is 5.82 Å². The second kappa shape index (κ2) is 3.86. The lowest BCUT2D eigenvalue weighted by molar-refractivity contribution is 0.616. The molecule has 1 aromatic rings. The van der Waals surface area contributed by atoms with Gasteiger partial charge in [-0.2, -0.15) is 0 Å². The van der Waals surface area contributed by atoms with E-state index in [4.69, 9.17) is 0 Å². The summed E-state index contributed by atoms with van der Waals surface area (Å²) >= 11 is 3.31. The van der Waals surface area contributed by atoms with Crippen molar-refractivity contribution in [1.29, 1.82) is 0 Å². The quantitative estimate of drug-likeness (QED) is 0.668. The summed E-state index contributed by atoms with van der Waals surface area (Å²) in [5.41, 5.74) is 1.76. The predicted octanol–water partition coefficient (Wildman–Crippen LogP) is 3.07. The lowest BCUT2D eigenvalue weighted by Gasteiger charge is -1.99. The van der Waals surface area contributed by atoms with Gasteiger partial charge in [-0.15, -0.1) is 0 Å². The van der Waals surface area contributed by atoms with Crippen LogP contribution in [-0.4, -0.2) is 5.33 Å². The molecule has 0 bridgehead atoms. The standard InChI is InChI=1S/C9H10BrF/c1-7-2-3-8(4-5-10)6-9(7)11/h2-3,6H,4-5H2,1H3. The molecule has 0 spiro atoms. The maximum Gasteiger partial charge on any atom is 0.126 e. The van der Waals surface area contributed by atoms with Crippen LogP contribution in [0, 0.1) is 12.7 Å². The number of halogens is 2. The Balaban J connectivity index is 2.86. The van der Waals surface area contributed by atoms with Crippen LogP contribution >= 0.6 is 15.9 Å². The predicted molar refractivity (Wildman–Crippen MR) is 48.6 cm³/mol. The van der Waals surface area contributed by atoms with Crippen molar-refractivity contribution in [2.24, 2.45) is 0 Å². The molecule has 0 heterocycles. The Kier molecular flexibility index (Phi) is 3.06. The molecular weight excluding hydrogens is 207 g/mol. The summed E-state index contributed by atoms with van der Waals surface area (Å²) in [6.45, 7) is 1.77. The molecule has 0 unspecified atom stereocenters. The van der Waals surface area contributed by atoms with E-state index < -0.39 is 0 Å². The second-order valence-electron chi connectivity index (χ2n) is 2.52. The highest BCUT2D eigenvalue weighted by Gasteiger charge is 1.97. The number of alkyl halides is 1. The molecule has 1 aromatic carbocycles. The minimum absolute atomic E-state index is 0.108. The van der Waals surface area contributed by atoms with E-state index in [1.807, 2.05) is 12.1 Å². The minimum Gasteiger partial charge on any atom is -0.207 e. The van der Waals surface area contributed by atoms with Crippen molar-refractivity contribution in [3.8, 4) is 0 Å². The van der Waals surface area contributed by atoms with Gasteiger partial charge in [0.05, 0.1) is 0 Å². The van der Waals surface area contributed by atoms with E-state index in [1.165, 1.54) is 0 Å². The first kappa shape index (κ1) is 8.72. The molecular formula is C9H10BrF. The summed E-state index contributed by atoms with van der Waals surface area (Å²) in [5.74, 6) is -0.108. The van der Waals surface area contributed by atoms with E-state index in [1.54, 1.807) is 13.0 Å². The molecule has 2 heteroatoms. The van der Waals surface area contributed by atoms with Gasteiger partial charge in [-0.3, -0.25) is 0 Å².